The second-order valence-electron chi connectivity index (χ2n) is 6.45. The molecule has 1 amide bonds. The first-order valence-corrected chi connectivity index (χ1v) is 9.80. The van der Waals surface area contributed by atoms with Crippen LogP contribution >= 0.6 is 23.8 Å². The molecule has 1 aliphatic heterocycles. The summed E-state index contributed by atoms with van der Waals surface area (Å²) in [5.41, 5.74) is -0.557. The number of hydrogen-bond acceptors (Lipinski definition) is 4. The highest BCUT2D eigenvalue weighted by Gasteiger charge is 2.30. The second-order valence-corrected chi connectivity index (χ2v) is 7.22. The third-order valence-corrected chi connectivity index (χ3v) is 5.29. The van der Waals surface area contributed by atoms with Gasteiger partial charge in [-0.1, -0.05) is 17.7 Å². The van der Waals surface area contributed by atoms with Crippen molar-refractivity contribution in [3.63, 3.8) is 0 Å². The van der Waals surface area contributed by atoms with Crippen molar-refractivity contribution in [2.75, 3.05) is 13.7 Å². The summed E-state index contributed by atoms with van der Waals surface area (Å²) in [6, 6.07) is 4.79. The van der Waals surface area contributed by atoms with Gasteiger partial charge in [-0.05, 0) is 42.9 Å². The van der Waals surface area contributed by atoms with Crippen LogP contribution in [0.15, 0.2) is 23.9 Å². The highest BCUT2D eigenvalue weighted by atomic mass is 35.5. The van der Waals surface area contributed by atoms with E-state index in [-0.39, 0.29) is 23.3 Å². The monoisotopic (exact) mass is 476 g/mol. The molecule has 0 atom stereocenters. The van der Waals surface area contributed by atoms with Crippen molar-refractivity contribution in [2.45, 2.75) is 26.3 Å². The molecule has 31 heavy (non-hydrogen) atoms. The summed E-state index contributed by atoms with van der Waals surface area (Å²) in [5.74, 6) is 0.0225. The highest BCUT2D eigenvalue weighted by Crippen LogP contribution is 2.35. The summed E-state index contributed by atoms with van der Waals surface area (Å²) >= 11 is 10.8. The summed E-state index contributed by atoms with van der Waals surface area (Å²) in [6.45, 7) is 1.88. The Morgan fingerprint density at radius 1 is 1.29 bits per heavy atom. The number of alkyl halides is 4. The molecule has 3 rings (SSSR count). The van der Waals surface area contributed by atoms with Crippen molar-refractivity contribution in [2.24, 2.45) is 0 Å². The minimum absolute atomic E-state index is 0.248. The summed E-state index contributed by atoms with van der Waals surface area (Å²) < 4.78 is 59.1. The first kappa shape index (κ1) is 23.0. The third kappa shape index (κ3) is 4.52. The Labute approximate surface area is 185 Å². The van der Waals surface area contributed by atoms with E-state index in [4.69, 9.17) is 28.6 Å². The summed E-state index contributed by atoms with van der Waals surface area (Å²) in [4.78, 5) is 13.8. The van der Waals surface area contributed by atoms with Crippen molar-refractivity contribution in [3.05, 3.63) is 51.4 Å². The van der Waals surface area contributed by atoms with Gasteiger partial charge in [0.25, 0.3) is 18.8 Å². The van der Waals surface area contributed by atoms with Crippen molar-refractivity contribution in [1.82, 2.24) is 20.0 Å². The average molecular weight is 477 g/mol. The van der Waals surface area contributed by atoms with Crippen LogP contribution in [-0.2, 0) is 11.3 Å². The maximum absolute atomic E-state index is 13.5. The molecule has 1 N–H and O–H groups in total. The molecule has 1 aromatic heterocycles. The molecular weight excluding hydrogens is 460 g/mol. The molecule has 0 saturated carbocycles. The molecule has 1 aromatic carbocycles. The number of nitrogens with one attached hydrogen (secondary N) is 1. The number of methoxy groups -OCH3 is 1. The van der Waals surface area contributed by atoms with Crippen LogP contribution in [0, 0.1) is 0 Å². The molecule has 0 unspecified atom stereocenters. The van der Waals surface area contributed by atoms with E-state index in [2.05, 4.69) is 10.4 Å². The largest absolute Gasteiger partial charge is 0.496 e. The van der Waals surface area contributed by atoms with Gasteiger partial charge in [-0.2, -0.15) is 5.10 Å². The van der Waals surface area contributed by atoms with Crippen LogP contribution in [0.2, 0.25) is 5.02 Å². The van der Waals surface area contributed by atoms with Crippen molar-refractivity contribution >= 4 is 40.9 Å². The van der Waals surface area contributed by atoms with Gasteiger partial charge < -0.3 is 10.1 Å². The van der Waals surface area contributed by atoms with Crippen molar-refractivity contribution < 1.29 is 27.1 Å². The van der Waals surface area contributed by atoms with Gasteiger partial charge in [0, 0.05) is 12.1 Å². The topological polar surface area (TPSA) is 59.4 Å². The van der Waals surface area contributed by atoms with Crippen LogP contribution in [0.4, 0.5) is 17.6 Å². The van der Waals surface area contributed by atoms with E-state index in [9.17, 15) is 22.4 Å². The number of rotatable bonds is 7. The van der Waals surface area contributed by atoms with Gasteiger partial charge in [0.05, 0.1) is 18.7 Å². The Morgan fingerprint density at radius 3 is 2.55 bits per heavy atom. The van der Waals surface area contributed by atoms with Gasteiger partial charge in [0.15, 0.2) is 5.11 Å². The van der Waals surface area contributed by atoms with Gasteiger partial charge in [-0.3, -0.25) is 14.4 Å². The lowest BCUT2D eigenvalue weighted by Crippen LogP contribution is -2.30. The molecule has 166 valence electrons. The summed E-state index contributed by atoms with van der Waals surface area (Å²) in [5, 5.41) is 5.90. The van der Waals surface area contributed by atoms with Gasteiger partial charge in [-0.15, -0.1) is 0 Å². The quantitative estimate of drug-likeness (QED) is 0.361. The molecule has 2 aromatic rings. The highest BCUT2D eigenvalue weighted by molar-refractivity contribution is 7.80. The van der Waals surface area contributed by atoms with E-state index in [1.54, 1.807) is 31.2 Å². The molecule has 2 heterocycles. The van der Waals surface area contributed by atoms with E-state index in [0.29, 0.717) is 23.4 Å². The van der Waals surface area contributed by atoms with Crippen LogP contribution in [0.3, 0.4) is 0 Å². The number of halogens is 5. The van der Waals surface area contributed by atoms with Gasteiger partial charge >= 0.3 is 0 Å². The number of carbonyl (C=O) groups is 1. The lowest BCUT2D eigenvalue weighted by Gasteiger charge is -2.12. The molecule has 12 heteroatoms. The smallest absolute Gasteiger partial charge is 0.283 e. The van der Waals surface area contributed by atoms with Crippen LogP contribution in [-0.4, -0.2) is 39.4 Å². The van der Waals surface area contributed by atoms with Crippen LogP contribution in [0.1, 0.15) is 42.3 Å². The number of ether oxygens (including phenoxy) is 1. The molecule has 0 bridgehead atoms. The Kier molecular flexibility index (Phi) is 6.85. The minimum atomic E-state index is -3.11. The van der Waals surface area contributed by atoms with Crippen LogP contribution < -0.4 is 10.1 Å². The molecule has 0 radical (unpaired) electrons. The molecule has 0 spiro atoms. The summed E-state index contributed by atoms with van der Waals surface area (Å²) in [7, 11) is 1.38. The Hall–Kier alpha value is -2.66. The molecule has 1 saturated heterocycles. The third-order valence-electron chi connectivity index (χ3n) is 4.58. The Bertz CT molecular complexity index is 1060. The lowest BCUT2D eigenvalue weighted by molar-refractivity contribution is -0.122. The van der Waals surface area contributed by atoms with E-state index in [1.807, 2.05) is 0 Å². The first-order chi connectivity index (χ1) is 14.7. The fraction of sp³-hybridized carbons (Fsp3) is 0.316. The van der Waals surface area contributed by atoms with Crippen LogP contribution in [0.5, 0.6) is 5.75 Å². The average Bonchev–Trinajstić information content (AvgIpc) is 3.17. The normalized spacial score (nSPS) is 15.5. The standard InChI is InChI=1S/C19H17ClF4N4O2S/c1-3-27-18(29)11(25-19(27)31)7-9-4-5-12(30-2)10(6-9)8-28-15(17(23)24)13(20)14(26-28)16(21)22/h4-7,16-17H,3,8H2,1-2H3,(H,25,31)/b11-7+. The van der Waals surface area contributed by atoms with E-state index in [0.717, 1.165) is 4.68 Å². The first-order valence-electron chi connectivity index (χ1n) is 9.01. The Balaban J connectivity index is 2.00. The zero-order valence-corrected chi connectivity index (χ0v) is 17.9. The zero-order valence-electron chi connectivity index (χ0n) is 16.3. The van der Waals surface area contributed by atoms with Gasteiger partial charge in [-0.25, -0.2) is 17.6 Å². The summed E-state index contributed by atoms with van der Waals surface area (Å²) in [6.07, 6.45) is -4.67. The predicted molar refractivity (Wildman–Crippen MR) is 110 cm³/mol. The number of aromatic nitrogens is 2. The number of hydrogen-bond donors (Lipinski definition) is 1. The number of likely N-dealkylation sites (N-methyl/N-ethyl adjacent to an activating group) is 1. The number of amides is 1. The maximum Gasteiger partial charge on any atom is 0.283 e. The molecule has 1 aliphatic rings. The number of thiocarbonyl (C=S) groups is 1. The zero-order chi connectivity index (χ0) is 22.9. The van der Waals surface area contributed by atoms with Crippen LogP contribution in [0.25, 0.3) is 6.08 Å². The van der Waals surface area contributed by atoms with Crippen molar-refractivity contribution in [1.29, 1.82) is 0 Å². The Morgan fingerprint density at radius 2 is 2.00 bits per heavy atom. The van der Waals surface area contributed by atoms with Gasteiger partial charge in [0.2, 0.25) is 0 Å². The molecular formula is C19H17ClF4N4O2S. The predicted octanol–water partition coefficient (Wildman–Crippen LogP) is 4.55. The van der Waals surface area contributed by atoms with Crippen molar-refractivity contribution in [3.8, 4) is 5.75 Å². The van der Waals surface area contributed by atoms with E-state index < -0.39 is 29.3 Å². The molecule has 0 aliphatic carbocycles. The second kappa shape index (κ2) is 9.23. The maximum atomic E-state index is 13.5. The lowest BCUT2D eigenvalue weighted by atomic mass is 10.1. The minimum Gasteiger partial charge on any atom is -0.496 e. The fourth-order valence-electron chi connectivity index (χ4n) is 3.14. The van der Waals surface area contributed by atoms with E-state index >= 15 is 0 Å². The molecule has 6 nitrogen and oxygen atoms in total. The van der Waals surface area contributed by atoms with Gasteiger partial charge in [0.1, 0.15) is 22.8 Å². The molecule has 1 fully saturated rings. The van der Waals surface area contributed by atoms with E-state index in [1.165, 1.54) is 12.0 Å². The number of nitrogens with zero attached hydrogens (tertiary/aromatic N) is 3. The number of carbonyl (C=O) groups excluding carboxylic acids is 1. The number of benzene rings is 1. The fourth-order valence-corrected chi connectivity index (χ4v) is 3.76. The SMILES string of the molecule is CCN1C(=O)/C(=C\c2ccc(OC)c(Cn3nc(C(F)F)c(Cl)c3C(F)F)c2)NC1=S.